The topological polar surface area (TPSA) is 39.4 Å². The maximum atomic E-state index is 4.10. The molecule has 0 saturated carbocycles. The number of allylic oxidation sites excluding steroid dienone is 1. The van der Waals surface area contributed by atoms with E-state index in [1.54, 1.807) is 29.9 Å². The summed E-state index contributed by atoms with van der Waals surface area (Å²) in [7, 11) is 0. The van der Waals surface area contributed by atoms with Crippen LogP contribution < -0.4 is 5.43 Å². The Morgan fingerprint density at radius 2 is 2.40 bits per heavy atom. The maximum absolute atomic E-state index is 4.10. The van der Waals surface area contributed by atoms with Gasteiger partial charge in [0.05, 0.1) is 18.0 Å². The molecule has 1 aliphatic heterocycles. The highest BCUT2D eigenvalue weighted by atomic mass is 32.1. The molecule has 2 heterocycles. The predicted molar refractivity (Wildman–Crippen MR) is 40.7 cm³/mol. The first kappa shape index (κ1) is 5.61. The molecule has 0 amide bonds. The first-order valence-electron chi connectivity index (χ1n) is 2.80. The van der Waals surface area contributed by atoms with Gasteiger partial charge < -0.3 is 0 Å². The molecule has 10 heavy (non-hydrogen) atoms. The molecule has 0 spiro atoms. The summed E-state index contributed by atoms with van der Waals surface area (Å²) in [5.74, 6) is 0. The average Bonchev–Trinajstić information content (AvgIpc) is 2.59. The lowest BCUT2D eigenvalue weighted by Crippen LogP contribution is -1.78. The van der Waals surface area contributed by atoms with Crippen molar-refractivity contribution in [3.8, 4) is 0 Å². The lowest BCUT2D eigenvalue weighted by molar-refractivity contribution is 0.977. The minimum absolute atomic E-state index is 0.977. The molecule has 1 aromatic rings. The van der Waals surface area contributed by atoms with Crippen molar-refractivity contribution in [1.29, 1.82) is 0 Å². The number of rotatable bonds is 1. The van der Waals surface area contributed by atoms with Gasteiger partial charge in [0.2, 0.25) is 0 Å². The molecule has 0 bridgehead atoms. The van der Waals surface area contributed by atoms with Gasteiger partial charge in [0.1, 0.15) is 5.01 Å². The van der Waals surface area contributed by atoms with Gasteiger partial charge in [0.15, 0.2) is 0 Å². The molecule has 1 aromatic heterocycles. The van der Waals surface area contributed by atoms with E-state index in [1.807, 2.05) is 5.38 Å². The zero-order chi connectivity index (χ0) is 6.81. The Hall–Kier alpha value is -1.16. The number of hydrogen-bond donors (Lipinski definition) is 0. The summed E-state index contributed by atoms with van der Waals surface area (Å²) < 4.78 is 0. The Labute approximate surface area is 62.1 Å². The standard InChI is InChI=1S/C6H4N3S/c1-2-10-6(7-1)5-3-8-9-4-5/h1-4H. The summed E-state index contributed by atoms with van der Waals surface area (Å²) in [5, 5.41) is 6.60. The van der Waals surface area contributed by atoms with Crippen molar-refractivity contribution in [3.05, 3.63) is 22.8 Å². The van der Waals surface area contributed by atoms with Crippen LogP contribution in [0.25, 0.3) is 5.57 Å². The van der Waals surface area contributed by atoms with Crippen molar-refractivity contribution in [2.75, 3.05) is 0 Å². The molecule has 0 unspecified atom stereocenters. The molecule has 1 aliphatic rings. The van der Waals surface area contributed by atoms with Gasteiger partial charge in [-0.2, -0.15) is 10.5 Å². The third kappa shape index (κ3) is 0.823. The summed E-state index contributed by atoms with van der Waals surface area (Å²) >= 11 is 1.59. The fraction of sp³-hybridized carbons (Fsp3) is 0. The van der Waals surface area contributed by atoms with Gasteiger partial charge in [0.25, 0.3) is 0 Å². The predicted octanol–water partition coefficient (Wildman–Crippen LogP) is 1.09. The monoisotopic (exact) mass is 150 g/mol. The molecule has 2 rings (SSSR count). The molecule has 4 heteroatoms. The van der Waals surface area contributed by atoms with Crippen LogP contribution in [0.2, 0.25) is 0 Å². The van der Waals surface area contributed by atoms with Gasteiger partial charge >= 0.3 is 0 Å². The SMILES string of the molecule is C1=N[N]C=C1c1nccs1. The lowest BCUT2D eigenvalue weighted by Gasteiger charge is -1.84. The quantitative estimate of drug-likeness (QED) is 0.590. The van der Waals surface area contributed by atoms with Gasteiger partial charge in [-0.25, -0.2) is 4.98 Å². The molecule has 0 N–H and O–H groups in total. The Morgan fingerprint density at radius 3 is 3.00 bits per heavy atom. The number of nitrogens with zero attached hydrogens (tertiary/aromatic N) is 3. The summed E-state index contributed by atoms with van der Waals surface area (Å²) in [4.78, 5) is 4.10. The van der Waals surface area contributed by atoms with E-state index in [0.29, 0.717) is 0 Å². The first-order chi connectivity index (χ1) is 4.97. The Balaban J connectivity index is 2.36. The fourth-order valence-corrected chi connectivity index (χ4v) is 1.31. The van der Waals surface area contributed by atoms with E-state index < -0.39 is 0 Å². The smallest absolute Gasteiger partial charge is 0.126 e. The molecule has 0 fully saturated rings. The second-order valence-electron chi connectivity index (χ2n) is 1.78. The van der Waals surface area contributed by atoms with E-state index in [-0.39, 0.29) is 0 Å². The highest BCUT2D eigenvalue weighted by molar-refractivity contribution is 7.11. The van der Waals surface area contributed by atoms with Crippen LogP contribution in [0.4, 0.5) is 0 Å². The van der Waals surface area contributed by atoms with E-state index in [1.165, 1.54) is 0 Å². The summed E-state index contributed by atoms with van der Waals surface area (Å²) in [6.45, 7) is 0. The van der Waals surface area contributed by atoms with Crippen LogP contribution in [0.1, 0.15) is 5.01 Å². The summed E-state index contributed by atoms with van der Waals surface area (Å²) in [5.41, 5.74) is 4.69. The van der Waals surface area contributed by atoms with Crippen LogP contribution in [0, 0.1) is 0 Å². The Kier molecular flexibility index (Phi) is 1.25. The number of aromatic nitrogens is 1. The third-order valence-electron chi connectivity index (χ3n) is 1.14. The zero-order valence-corrected chi connectivity index (χ0v) is 5.88. The van der Waals surface area contributed by atoms with Crippen LogP contribution in [-0.2, 0) is 0 Å². The zero-order valence-electron chi connectivity index (χ0n) is 5.06. The van der Waals surface area contributed by atoms with Crippen molar-refractivity contribution >= 4 is 23.1 Å². The second kappa shape index (κ2) is 2.22. The third-order valence-corrected chi connectivity index (χ3v) is 1.96. The van der Waals surface area contributed by atoms with E-state index in [9.17, 15) is 0 Å². The molecule has 0 atom stereocenters. The van der Waals surface area contributed by atoms with Crippen LogP contribution in [0.15, 0.2) is 22.9 Å². The van der Waals surface area contributed by atoms with Crippen molar-refractivity contribution < 1.29 is 0 Å². The van der Waals surface area contributed by atoms with Crippen molar-refractivity contribution in [2.24, 2.45) is 5.10 Å². The van der Waals surface area contributed by atoms with Crippen molar-refractivity contribution in [3.63, 3.8) is 0 Å². The molecule has 3 nitrogen and oxygen atoms in total. The largest absolute Gasteiger partial charge is 0.244 e. The normalized spacial score (nSPS) is 15.0. The number of thiazole rings is 1. The second-order valence-corrected chi connectivity index (χ2v) is 2.68. The minimum Gasteiger partial charge on any atom is -0.244 e. The van der Waals surface area contributed by atoms with Gasteiger partial charge in [-0.1, -0.05) is 0 Å². The first-order valence-corrected chi connectivity index (χ1v) is 3.68. The van der Waals surface area contributed by atoms with Gasteiger partial charge in [-0.3, -0.25) is 0 Å². The van der Waals surface area contributed by atoms with E-state index in [4.69, 9.17) is 0 Å². The van der Waals surface area contributed by atoms with Crippen LogP contribution in [0.5, 0.6) is 0 Å². The molecular weight excluding hydrogens is 146 g/mol. The Bertz CT molecular complexity index is 273. The van der Waals surface area contributed by atoms with Crippen molar-refractivity contribution in [1.82, 2.24) is 10.4 Å². The van der Waals surface area contributed by atoms with E-state index >= 15 is 0 Å². The highest BCUT2D eigenvalue weighted by Crippen LogP contribution is 2.16. The van der Waals surface area contributed by atoms with Gasteiger partial charge in [-0.05, 0) is 0 Å². The maximum Gasteiger partial charge on any atom is 0.126 e. The van der Waals surface area contributed by atoms with E-state index in [0.717, 1.165) is 10.6 Å². The molecule has 49 valence electrons. The van der Waals surface area contributed by atoms with Gasteiger partial charge in [-0.15, -0.1) is 11.3 Å². The minimum atomic E-state index is 0.977. The van der Waals surface area contributed by atoms with E-state index in [2.05, 4.69) is 15.5 Å². The summed E-state index contributed by atoms with van der Waals surface area (Å²) in [6.07, 6.45) is 5.19. The highest BCUT2D eigenvalue weighted by Gasteiger charge is 2.04. The average molecular weight is 150 g/mol. The fourth-order valence-electron chi connectivity index (χ4n) is 0.701. The molecular formula is C6H4N3S. The van der Waals surface area contributed by atoms with Crippen LogP contribution >= 0.6 is 11.3 Å². The molecule has 0 saturated heterocycles. The van der Waals surface area contributed by atoms with Crippen molar-refractivity contribution in [2.45, 2.75) is 0 Å². The van der Waals surface area contributed by atoms with Crippen LogP contribution in [0.3, 0.4) is 0 Å². The Morgan fingerprint density at radius 1 is 1.40 bits per heavy atom. The molecule has 0 aliphatic carbocycles. The molecule has 1 radical (unpaired) electrons. The van der Waals surface area contributed by atoms with Gasteiger partial charge in [0, 0.05) is 11.6 Å². The van der Waals surface area contributed by atoms with Crippen LogP contribution in [-0.4, -0.2) is 11.2 Å². The lowest BCUT2D eigenvalue weighted by atomic mass is 10.3. The number of hydrogen-bond acceptors (Lipinski definition) is 3. The summed E-state index contributed by atoms with van der Waals surface area (Å²) in [6, 6.07) is 0. The molecule has 0 aromatic carbocycles.